The highest BCUT2D eigenvalue weighted by Crippen LogP contribution is 2.32. The number of H-pyrrole nitrogens is 1. The van der Waals surface area contributed by atoms with Gasteiger partial charge in [-0.1, -0.05) is 17.7 Å². The molecule has 4 rings (SSSR count). The van der Waals surface area contributed by atoms with Gasteiger partial charge in [0.25, 0.3) is 0 Å². The van der Waals surface area contributed by atoms with Crippen LogP contribution >= 0.6 is 0 Å². The predicted octanol–water partition coefficient (Wildman–Crippen LogP) is 4.37. The third-order valence-corrected chi connectivity index (χ3v) is 4.25. The molecular weight excluding hydrogens is 288 g/mol. The van der Waals surface area contributed by atoms with Crippen molar-refractivity contribution in [3.63, 3.8) is 0 Å². The summed E-state index contributed by atoms with van der Waals surface area (Å²) >= 11 is 0. The van der Waals surface area contributed by atoms with Crippen molar-refractivity contribution in [2.24, 2.45) is 0 Å². The number of hydrogen-bond donors (Lipinski definition) is 1. The molecule has 0 radical (unpaired) electrons. The molecule has 0 fully saturated rings. The van der Waals surface area contributed by atoms with E-state index in [9.17, 15) is 4.79 Å². The summed E-state index contributed by atoms with van der Waals surface area (Å²) in [5, 5.41) is 0.929. The first-order valence-electron chi connectivity index (χ1n) is 7.80. The second kappa shape index (κ2) is 4.88. The summed E-state index contributed by atoms with van der Waals surface area (Å²) in [6.07, 6.45) is 0. The van der Waals surface area contributed by atoms with E-state index < -0.39 is 0 Å². The van der Waals surface area contributed by atoms with Gasteiger partial charge in [0.05, 0.1) is 23.2 Å². The zero-order chi connectivity index (χ0) is 16.1. The van der Waals surface area contributed by atoms with E-state index in [0.29, 0.717) is 12.2 Å². The molecule has 0 aliphatic heterocycles. The van der Waals surface area contributed by atoms with Gasteiger partial charge >= 0.3 is 5.97 Å². The van der Waals surface area contributed by atoms with Gasteiger partial charge in [0.1, 0.15) is 11.2 Å². The second-order valence-corrected chi connectivity index (χ2v) is 5.95. The summed E-state index contributed by atoms with van der Waals surface area (Å²) in [6.45, 7) is 6.29. The van der Waals surface area contributed by atoms with Crippen molar-refractivity contribution in [2.45, 2.75) is 20.8 Å². The van der Waals surface area contributed by atoms with Crippen LogP contribution in [-0.4, -0.2) is 22.0 Å². The van der Waals surface area contributed by atoms with Gasteiger partial charge in [-0.3, -0.25) is 4.40 Å². The smallest absolute Gasteiger partial charge is 0.342 e. The lowest BCUT2D eigenvalue weighted by atomic mass is 10.1. The molecular formula is C19H18N2O2. The summed E-state index contributed by atoms with van der Waals surface area (Å²) in [5.41, 5.74) is 6.82. The Morgan fingerprint density at radius 2 is 1.83 bits per heavy atom. The number of aromatic amines is 1. The van der Waals surface area contributed by atoms with Crippen LogP contribution in [0.3, 0.4) is 0 Å². The normalized spacial score (nSPS) is 11.6. The van der Waals surface area contributed by atoms with Crippen LogP contribution in [0.4, 0.5) is 0 Å². The quantitative estimate of drug-likeness (QED) is 0.559. The van der Waals surface area contributed by atoms with E-state index in [4.69, 9.17) is 4.74 Å². The first-order valence-corrected chi connectivity index (χ1v) is 7.80. The molecule has 23 heavy (non-hydrogen) atoms. The van der Waals surface area contributed by atoms with Crippen molar-refractivity contribution in [1.82, 2.24) is 9.38 Å². The Labute approximate surface area is 133 Å². The molecule has 2 aromatic heterocycles. The van der Waals surface area contributed by atoms with Crippen molar-refractivity contribution in [3.8, 4) is 0 Å². The Kier molecular flexibility index (Phi) is 2.94. The molecule has 4 heteroatoms. The lowest BCUT2D eigenvalue weighted by Crippen LogP contribution is -2.04. The van der Waals surface area contributed by atoms with E-state index in [2.05, 4.69) is 40.6 Å². The van der Waals surface area contributed by atoms with Crippen molar-refractivity contribution in [2.75, 3.05) is 6.61 Å². The average Bonchev–Trinajstić information content (AvgIpc) is 3.01. The maximum absolute atomic E-state index is 12.5. The maximum Gasteiger partial charge on any atom is 0.342 e. The summed E-state index contributed by atoms with van der Waals surface area (Å²) in [7, 11) is 0. The zero-order valence-corrected chi connectivity index (χ0v) is 13.4. The minimum absolute atomic E-state index is 0.283. The minimum Gasteiger partial charge on any atom is -0.462 e. The van der Waals surface area contributed by atoms with Crippen LogP contribution < -0.4 is 0 Å². The lowest BCUT2D eigenvalue weighted by molar-refractivity contribution is 0.0530. The first kappa shape index (κ1) is 13.9. The van der Waals surface area contributed by atoms with Gasteiger partial charge < -0.3 is 9.72 Å². The maximum atomic E-state index is 12.5. The molecule has 4 aromatic rings. The van der Waals surface area contributed by atoms with Gasteiger partial charge in [-0.15, -0.1) is 0 Å². The minimum atomic E-state index is -0.283. The highest BCUT2D eigenvalue weighted by atomic mass is 16.5. The Balaban J connectivity index is 2.21. The van der Waals surface area contributed by atoms with Crippen molar-refractivity contribution >= 4 is 33.6 Å². The molecule has 0 aliphatic carbocycles. The number of esters is 1. The van der Waals surface area contributed by atoms with E-state index in [0.717, 1.165) is 33.1 Å². The number of hydrogen-bond acceptors (Lipinski definition) is 2. The van der Waals surface area contributed by atoms with Crippen LogP contribution in [0.25, 0.3) is 27.6 Å². The zero-order valence-electron chi connectivity index (χ0n) is 13.4. The fraction of sp³-hybridized carbons (Fsp3) is 0.211. The fourth-order valence-electron chi connectivity index (χ4n) is 3.24. The SMILES string of the molecule is CCOC(=O)c1c2cc(C)ccc2n2c1[nH]c1ccc(C)cc12. The van der Waals surface area contributed by atoms with E-state index in [1.54, 1.807) is 0 Å². The molecule has 0 unspecified atom stereocenters. The largest absolute Gasteiger partial charge is 0.462 e. The molecule has 1 N–H and O–H groups in total. The number of aromatic nitrogens is 2. The number of carbonyl (C=O) groups excluding carboxylic acids is 1. The number of nitrogens with zero attached hydrogens (tertiary/aromatic N) is 1. The molecule has 4 nitrogen and oxygen atoms in total. The molecule has 0 spiro atoms. The number of ether oxygens (including phenoxy) is 1. The number of benzene rings is 2. The van der Waals surface area contributed by atoms with Gasteiger partial charge in [-0.05, 0) is 50.6 Å². The molecule has 0 saturated heterocycles. The Hall–Kier alpha value is -2.75. The van der Waals surface area contributed by atoms with Gasteiger partial charge in [-0.2, -0.15) is 0 Å². The van der Waals surface area contributed by atoms with E-state index in [1.165, 1.54) is 5.56 Å². The first-order chi connectivity index (χ1) is 11.1. The lowest BCUT2D eigenvalue weighted by Gasteiger charge is -2.01. The number of rotatable bonds is 2. The van der Waals surface area contributed by atoms with Gasteiger partial charge in [0.15, 0.2) is 0 Å². The van der Waals surface area contributed by atoms with E-state index in [-0.39, 0.29) is 5.97 Å². The Bertz CT molecular complexity index is 1070. The van der Waals surface area contributed by atoms with Crippen LogP contribution in [0.2, 0.25) is 0 Å². The van der Waals surface area contributed by atoms with Crippen LogP contribution in [-0.2, 0) is 4.74 Å². The van der Waals surface area contributed by atoms with Gasteiger partial charge in [0.2, 0.25) is 0 Å². The van der Waals surface area contributed by atoms with Crippen LogP contribution in [0.1, 0.15) is 28.4 Å². The molecule has 0 saturated carbocycles. The van der Waals surface area contributed by atoms with Gasteiger partial charge in [-0.25, -0.2) is 4.79 Å². The number of aryl methyl sites for hydroxylation is 2. The second-order valence-electron chi connectivity index (χ2n) is 5.95. The van der Waals surface area contributed by atoms with Crippen LogP contribution in [0, 0.1) is 13.8 Å². The number of nitrogens with one attached hydrogen (secondary N) is 1. The molecule has 0 bridgehead atoms. The van der Waals surface area contributed by atoms with Crippen molar-refractivity contribution in [3.05, 3.63) is 53.1 Å². The standard InChI is InChI=1S/C19H18N2O2/c1-4-23-19(22)17-13-9-11(2)6-8-15(13)21-16-10-12(3)5-7-14(16)20-18(17)21/h5-10,20H,4H2,1-3H3. The van der Waals surface area contributed by atoms with Crippen LogP contribution in [0.5, 0.6) is 0 Å². The van der Waals surface area contributed by atoms with E-state index in [1.807, 2.05) is 26.0 Å². The topological polar surface area (TPSA) is 46.5 Å². The van der Waals surface area contributed by atoms with Crippen molar-refractivity contribution in [1.29, 1.82) is 0 Å². The summed E-state index contributed by atoms with van der Waals surface area (Å²) in [6, 6.07) is 12.4. The third kappa shape index (κ3) is 1.95. The van der Waals surface area contributed by atoms with Crippen LogP contribution in [0.15, 0.2) is 36.4 Å². The summed E-state index contributed by atoms with van der Waals surface area (Å²) in [4.78, 5) is 15.9. The number of imidazole rings is 1. The molecule has 2 aromatic carbocycles. The third-order valence-electron chi connectivity index (χ3n) is 4.25. The Morgan fingerprint density at radius 3 is 2.61 bits per heavy atom. The van der Waals surface area contributed by atoms with Crippen molar-refractivity contribution < 1.29 is 9.53 Å². The number of fused-ring (bicyclic) bond motifs is 5. The molecule has 0 aliphatic rings. The fourth-order valence-corrected chi connectivity index (χ4v) is 3.24. The number of carbonyl (C=O) groups is 1. The van der Waals surface area contributed by atoms with Gasteiger partial charge in [0, 0.05) is 5.39 Å². The molecule has 116 valence electrons. The molecule has 0 atom stereocenters. The molecule has 0 amide bonds. The highest BCUT2D eigenvalue weighted by Gasteiger charge is 2.22. The van der Waals surface area contributed by atoms with E-state index >= 15 is 0 Å². The summed E-state index contributed by atoms with van der Waals surface area (Å²) in [5.74, 6) is -0.283. The highest BCUT2D eigenvalue weighted by molar-refractivity contribution is 6.13. The average molecular weight is 306 g/mol. The predicted molar refractivity (Wildman–Crippen MR) is 92.2 cm³/mol. The summed E-state index contributed by atoms with van der Waals surface area (Å²) < 4.78 is 7.40. The Morgan fingerprint density at radius 1 is 1.09 bits per heavy atom. The molecule has 2 heterocycles. The monoisotopic (exact) mass is 306 g/mol.